The first-order valence-electron chi connectivity index (χ1n) is 6.90. The van der Waals surface area contributed by atoms with Gasteiger partial charge in [-0.15, -0.1) is 0 Å². The summed E-state index contributed by atoms with van der Waals surface area (Å²) in [7, 11) is 0. The summed E-state index contributed by atoms with van der Waals surface area (Å²) >= 11 is 3.46. The minimum absolute atomic E-state index is 0.0169. The maximum absolute atomic E-state index is 12.3. The summed E-state index contributed by atoms with van der Waals surface area (Å²) in [5.74, 6) is 0.165. The molecular formula is C15H21BrN2O2. The Morgan fingerprint density at radius 1 is 1.50 bits per heavy atom. The summed E-state index contributed by atoms with van der Waals surface area (Å²) in [6, 6.07) is 7.57. The quantitative estimate of drug-likeness (QED) is 0.918. The zero-order chi connectivity index (χ0) is 14.7. The van der Waals surface area contributed by atoms with E-state index in [-0.39, 0.29) is 17.9 Å². The van der Waals surface area contributed by atoms with Gasteiger partial charge in [-0.1, -0.05) is 41.9 Å². The Morgan fingerprint density at radius 2 is 2.25 bits per heavy atom. The van der Waals surface area contributed by atoms with Crippen LogP contribution >= 0.6 is 15.9 Å². The number of rotatable bonds is 3. The molecule has 0 bridgehead atoms. The smallest absolute Gasteiger partial charge is 0.239 e. The number of carbonyl (C=O) groups is 1. The van der Waals surface area contributed by atoms with Crippen LogP contribution in [0.2, 0.25) is 0 Å². The van der Waals surface area contributed by atoms with Crippen LogP contribution in [0.15, 0.2) is 28.7 Å². The first-order valence-corrected chi connectivity index (χ1v) is 7.69. The van der Waals surface area contributed by atoms with Gasteiger partial charge < -0.3 is 15.4 Å². The van der Waals surface area contributed by atoms with E-state index in [2.05, 4.69) is 15.9 Å². The molecule has 1 amide bonds. The molecule has 0 aromatic heterocycles. The molecule has 1 aromatic carbocycles. The van der Waals surface area contributed by atoms with Gasteiger partial charge in [0, 0.05) is 11.0 Å². The normalized spacial score (nSPS) is 21.1. The molecule has 1 fully saturated rings. The van der Waals surface area contributed by atoms with E-state index >= 15 is 0 Å². The lowest BCUT2D eigenvalue weighted by Crippen LogP contribution is -2.51. The fourth-order valence-electron chi connectivity index (χ4n) is 2.25. The van der Waals surface area contributed by atoms with Crippen molar-refractivity contribution in [2.45, 2.75) is 26.0 Å². The highest BCUT2D eigenvalue weighted by Gasteiger charge is 2.29. The van der Waals surface area contributed by atoms with Crippen molar-refractivity contribution in [1.29, 1.82) is 0 Å². The number of carbonyl (C=O) groups excluding carboxylic acids is 1. The van der Waals surface area contributed by atoms with Gasteiger partial charge in [0.15, 0.2) is 0 Å². The Bertz CT molecular complexity index is 479. The molecule has 1 aliphatic rings. The molecule has 1 heterocycles. The van der Waals surface area contributed by atoms with Crippen molar-refractivity contribution >= 4 is 21.8 Å². The molecule has 20 heavy (non-hydrogen) atoms. The molecule has 1 aromatic rings. The highest BCUT2D eigenvalue weighted by atomic mass is 79.9. The maximum atomic E-state index is 12.3. The molecule has 0 radical (unpaired) electrons. The first-order chi connectivity index (χ1) is 9.49. The van der Waals surface area contributed by atoms with Crippen molar-refractivity contribution in [3.05, 3.63) is 34.3 Å². The van der Waals surface area contributed by atoms with Crippen LogP contribution in [0.4, 0.5) is 0 Å². The van der Waals surface area contributed by atoms with Gasteiger partial charge in [-0.3, -0.25) is 4.79 Å². The van der Waals surface area contributed by atoms with E-state index in [0.717, 1.165) is 10.0 Å². The third kappa shape index (κ3) is 3.59. The number of morpholine rings is 1. The van der Waals surface area contributed by atoms with Gasteiger partial charge in [-0.25, -0.2) is 0 Å². The second kappa shape index (κ2) is 6.70. The number of benzene rings is 1. The van der Waals surface area contributed by atoms with Crippen LogP contribution in [0.3, 0.4) is 0 Å². The lowest BCUT2D eigenvalue weighted by molar-refractivity contribution is -0.141. The highest BCUT2D eigenvalue weighted by molar-refractivity contribution is 9.10. The van der Waals surface area contributed by atoms with E-state index in [1.54, 1.807) is 0 Å². The highest BCUT2D eigenvalue weighted by Crippen LogP contribution is 2.25. The molecule has 0 unspecified atom stereocenters. The van der Waals surface area contributed by atoms with Crippen LogP contribution in [0.1, 0.15) is 25.5 Å². The lowest BCUT2D eigenvalue weighted by atomic mass is 10.0. The van der Waals surface area contributed by atoms with Crippen molar-refractivity contribution in [2.75, 3.05) is 19.7 Å². The van der Waals surface area contributed by atoms with Crippen molar-refractivity contribution in [1.82, 2.24) is 4.90 Å². The molecule has 1 aliphatic heterocycles. The summed E-state index contributed by atoms with van der Waals surface area (Å²) in [6.45, 7) is 5.66. The number of amides is 1. The number of hydrogen-bond acceptors (Lipinski definition) is 3. The van der Waals surface area contributed by atoms with Crippen molar-refractivity contribution in [3.63, 3.8) is 0 Å². The van der Waals surface area contributed by atoms with Crippen molar-refractivity contribution < 1.29 is 9.53 Å². The Hall–Kier alpha value is -0.910. The number of hydrogen-bond donors (Lipinski definition) is 1. The van der Waals surface area contributed by atoms with E-state index in [4.69, 9.17) is 10.5 Å². The van der Waals surface area contributed by atoms with E-state index < -0.39 is 6.04 Å². The standard InChI is InChI=1S/C15H21BrN2O2/c1-10(2)14(17)15(19)18-6-7-20-13(9-18)11-4-3-5-12(16)8-11/h3-5,8,10,13-14H,6-7,9,17H2,1-2H3/t13-,14+/m1/s1. The van der Waals surface area contributed by atoms with E-state index in [9.17, 15) is 4.79 Å². The zero-order valence-electron chi connectivity index (χ0n) is 11.9. The van der Waals surface area contributed by atoms with Crippen LogP contribution in [0.25, 0.3) is 0 Å². The summed E-state index contributed by atoms with van der Waals surface area (Å²) in [5.41, 5.74) is 7.04. The molecule has 4 nitrogen and oxygen atoms in total. The molecule has 5 heteroatoms. The third-order valence-corrected chi connectivity index (χ3v) is 4.10. The van der Waals surface area contributed by atoms with E-state index in [1.807, 2.05) is 43.0 Å². The molecule has 1 saturated heterocycles. The predicted octanol–water partition coefficient (Wildman–Crippen LogP) is 2.33. The van der Waals surface area contributed by atoms with E-state index in [0.29, 0.717) is 19.7 Å². The molecule has 0 aliphatic carbocycles. The monoisotopic (exact) mass is 340 g/mol. The van der Waals surface area contributed by atoms with E-state index in [1.165, 1.54) is 0 Å². The summed E-state index contributed by atoms with van der Waals surface area (Å²) in [6.07, 6.45) is -0.0791. The predicted molar refractivity (Wildman–Crippen MR) is 82.2 cm³/mol. The molecular weight excluding hydrogens is 320 g/mol. The molecule has 0 spiro atoms. The first kappa shape index (κ1) is 15.5. The van der Waals surface area contributed by atoms with Crippen LogP contribution in [-0.4, -0.2) is 36.5 Å². The number of halogens is 1. The second-order valence-electron chi connectivity index (χ2n) is 5.47. The van der Waals surface area contributed by atoms with Gasteiger partial charge in [0.2, 0.25) is 5.91 Å². The van der Waals surface area contributed by atoms with Crippen LogP contribution in [0, 0.1) is 5.92 Å². The lowest BCUT2D eigenvalue weighted by Gasteiger charge is -2.35. The SMILES string of the molecule is CC(C)[C@H](N)C(=O)N1CCO[C@@H](c2cccc(Br)c2)C1. The largest absolute Gasteiger partial charge is 0.370 e. The second-order valence-corrected chi connectivity index (χ2v) is 6.38. The van der Waals surface area contributed by atoms with Gasteiger partial charge >= 0.3 is 0 Å². The summed E-state index contributed by atoms with van der Waals surface area (Å²) < 4.78 is 6.80. The fourth-order valence-corrected chi connectivity index (χ4v) is 2.67. The van der Waals surface area contributed by atoms with Crippen molar-refractivity contribution in [2.24, 2.45) is 11.7 Å². The molecule has 2 atom stereocenters. The Morgan fingerprint density at radius 3 is 2.90 bits per heavy atom. The van der Waals surface area contributed by atoms with Gasteiger partial charge in [0.1, 0.15) is 6.10 Å². The Kier molecular flexibility index (Phi) is 5.18. The third-order valence-electron chi connectivity index (χ3n) is 3.60. The average Bonchev–Trinajstić information content (AvgIpc) is 2.45. The molecule has 110 valence electrons. The van der Waals surface area contributed by atoms with Gasteiger partial charge in [0.25, 0.3) is 0 Å². The average molecular weight is 341 g/mol. The topological polar surface area (TPSA) is 55.6 Å². The molecule has 2 rings (SSSR count). The maximum Gasteiger partial charge on any atom is 0.239 e. The minimum atomic E-state index is -0.434. The van der Waals surface area contributed by atoms with Gasteiger partial charge in [0.05, 0.1) is 19.2 Å². The zero-order valence-corrected chi connectivity index (χ0v) is 13.5. The number of nitrogens with zero attached hydrogens (tertiary/aromatic N) is 1. The summed E-state index contributed by atoms with van der Waals surface area (Å²) in [5, 5.41) is 0. The minimum Gasteiger partial charge on any atom is -0.370 e. The van der Waals surface area contributed by atoms with Gasteiger partial charge in [-0.05, 0) is 23.6 Å². The number of nitrogens with two attached hydrogens (primary N) is 1. The van der Waals surface area contributed by atoms with Crippen LogP contribution < -0.4 is 5.73 Å². The number of ether oxygens (including phenoxy) is 1. The summed E-state index contributed by atoms with van der Waals surface area (Å²) in [4.78, 5) is 14.1. The fraction of sp³-hybridized carbons (Fsp3) is 0.533. The Balaban J connectivity index is 2.07. The van der Waals surface area contributed by atoms with Crippen LogP contribution in [-0.2, 0) is 9.53 Å². The van der Waals surface area contributed by atoms with Gasteiger partial charge in [-0.2, -0.15) is 0 Å². The Labute approximate surface area is 128 Å². The van der Waals surface area contributed by atoms with Crippen molar-refractivity contribution in [3.8, 4) is 0 Å². The molecule has 0 saturated carbocycles. The van der Waals surface area contributed by atoms with Crippen LogP contribution in [0.5, 0.6) is 0 Å². The molecule has 2 N–H and O–H groups in total.